The zero-order valence-electron chi connectivity index (χ0n) is 17.7. The van der Waals surface area contributed by atoms with Gasteiger partial charge in [-0.25, -0.2) is 14.4 Å². The molecule has 1 atom stereocenters. The first-order chi connectivity index (χ1) is 14.2. The number of ether oxygens (including phenoxy) is 4. The standard InChI is InChI=1S/C21H28N2O7/c1-21(2,3)30-20(26)23-10-11-28-16(13-23)12-17(18(24)27-4)22-19(25)29-14-15-8-6-5-7-9-15/h5-9,12,16H,10-11,13-14H2,1-4H3,(H,22,25)/b17-12-/t16-/m0/s1. The number of amides is 2. The van der Waals surface area contributed by atoms with Crippen LogP contribution in [0.15, 0.2) is 42.1 Å². The van der Waals surface area contributed by atoms with E-state index >= 15 is 0 Å². The van der Waals surface area contributed by atoms with Crippen LogP contribution in [-0.4, -0.2) is 61.6 Å². The van der Waals surface area contributed by atoms with Gasteiger partial charge in [-0.3, -0.25) is 5.32 Å². The molecule has 0 unspecified atom stereocenters. The Balaban J connectivity index is 2.00. The minimum absolute atomic E-state index is 0.0491. The second-order valence-corrected chi connectivity index (χ2v) is 7.59. The van der Waals surface area contributed by atoms with Crippen molar-refractivity contribution in [3.05, 3.63) is 47.7 Å². The number of esters is 1. The third-order valence-corrected chi connectivity index (χ3v) is 3.95. The molecule has 1 fully saturated rings. The van der Waals surface area contributed by atoms with Gasteiger partial charge in [0, 0.05) is 6.54 Å². The van der Waals surface area contributed by atoms with Crippen molar-refractivity contribution in [3.8, 4) is 0 Å². The molecule has 0 aliphatic carbocycles. The van der Waals surface area contributed by atoms with Gasteiger partial charge in [0.05, 0.1) is 26.4 Å². The van der Waals surface area contributed by atoms with Crippen LogP contribution in [0.3, 0.4) is 0 Å². The summed E-state index contributed by atoms with van der Waals surface area (Å²) in [5.74, 6) is -0.760. The maximum absolute atomic E-state index is 12.3. The van der Waals surface area contributed by atoms with E-state index in [1.54, 1.807) is 20.8 Å². The van der Waals surface area contributed by atoms with Crippen molar-refractivity contribution in [2.75, 3.05) is 26.8 Å². The summed E-state index contributed by atoms with van der Waals surface area (Å²) in [6.45, 7) is 6.17. The average Bonchev–Trinajstić information content (AvgIpc) is 2.71. The molecule has 2 amide bonds. The van der Waals surface area contributed by atoms with Crippen molar-refractivity contribution in [2.45, 2.75) is 39.1 Å². The van der Waals surface area contributed by atoms with Gasteiger partial charge in [0.15, 0.2) is 0 Å². The predicted molar refractivity (Wildman–Crippen MR) is 107 cm³/mol. The highest BCUT2D eigenvalue weighted by Gasteiger charge is 2.28. The fourth-order valence-electron chi connectivity index (χ4n) is 2.59. The second kappa shape index (κ2) is 10.6. The first-order valence-electron chi connectivity index (χ1n) is 9.55. The molecule has 9 heteroatoms. The van der Waals surface area contributed by atoms with E-state index in [1.165, 1.54) is 18.1 Å². The van der Waals surface area contributed by atoms with E-state index in [1.807, 2.05) is 30.3 Å². The lowest BCUT2D eigenvalue weighted by atomic mass is 10.2. The summed E-state index contributed by atoms with van der Waals surface area (Å²) in [6, 6.07) is 9.13. The zero-order chi connectivity index (χ0) is 22.1. The molecule has 0 bridgehead atoms. The van der Waals surface area contributed by atoms with Crippen LogP contribution >= 0.6 is 0 Å². The molecule has 1 N–H and O–H groups in total. The van der Waals surface area contributed by atoms with Crippen LogP contribution in [0.5, 0.6) is 0 Å². The van der Waals surface area contributed by atoms with Crippen LogP contribution < -0.4 is 5.32 Å². The molecule has 1 heterocycles. The van der Waals surface area contributed by atoms with Gasteiger partial charge in [-0.15, -0.1) is 0 Å². The summed E-state index contributed by atoms with van der Waals surface area (Å²) >= 11 is 0. The smallest absolute Gasteiger partial charge is 0.412 e. The van der Waals surface area contributed by atoms with Crippen LogP contribution in [0.4, 0.5) is 9.59 Å². The predicted octanol–water partition coefficient (Wildman–Crippen LogP) is 2.61. The van der Waals surface area contributed by atoms with Gasteiger partial charge in [-0.05, 0) is 32.4 Å². The number of benzene rings is 1. The fraction of sp³-hybridized carbons (Fsp3) is 0.476. The van der Waals surface area contributed by atoms with Gasteiger partial charge in [-0.1, -0.05) is 30.3 Å². The molecule has 1 aromatic rings. The first kappa shape index (κ1) is 23.2. The molecule has 0 radical (unpaired) electrons. The number of hydrogen-bond acceptors (Lipinski definition) is 7. The van der Waals surface area contributed by atoms with Gasteiger partial charge < -0.3 is 23.8 Å². The summed E-state index contributed by atoms with van der Waals surface area (Å²) in [5.41, 5.74) is 0.0496. The van der Waals surface area contributed by atoms with E-state index in [4.69, 9.17) is 18.9 Å². The number of rotatable bonds is 5. The Morgan fingerprint density at radius 3 is 2.57 bits per heavy atom. The molecule has 1 aliphatic heterocycles. The molecular weight excluding hydrogens is 392 g/mol. The quantitative estimate of drug-likeness (QED) is 0.444. The Morgan fingerprint density at radius 1 is 1.23 bits per heavy atom. The number of carbonyl (C=O) groups is 3. The molecule has 1 aromatic carbocycles. The molecule has 0 saturated carbocycles. The average molecular weight is 420 g/mol. The number of nitrogens with zero attached hydrogens (tertiary/aromatic N) is 1. The Bertz CT molecular complexity index is 771. The van der Waals surface area contributed by atoms with Crippen LogP contribution in [0.1, 0.15) is 26.3 Å². The SMILES string of the molecule is COC(=O)/C(=C/[C@H]1CN(C(=O)OC(C)(C)C)CCO1)NC(=O)OCc1ccccc1. The topological polar surface area (TPSA) is 103 Å². The van der Waals surface area contributed by atoms with Crippen LogP contribution in [-0.2, 0) is 30.3 Å². The van der Waals surface area contributed by atoms with E-state index < -0.39 is 29.9 Å². The lowest BCUT2D eigenvalue weighted by Crippen LogP contribution is -2.47. The summed E-state index contributed by atoms with van der Waals surface area (Å²) in [6.07, 6.45) is -0.518. The third kappa shape index (κ3) is 7.75. The number of morpholine rings is 1. The van der Waals surface area contributed by atoms with Gasteiger partial charge in [0.2, 0.25) is 0 Å². The van der Waals surface area contributed by atoms with Gasteiger partial charge in [-0.2, -0.15) is 0 Å². The van der Waals surface area contributed by atoms with E-state index in [0.29, 0.717) is 6.54 Å². The molecule has 1 aliphatic rings. The third-order valence-electron chi connectivity index (χ3n) is 3.95. The highest BCUT2D eigenvalue weighted by Crippen LogP contribution is 2.14. The van der Waals surface area contributed by atoms with Crippen molar-refractivity contribution < 1.29 is 33.3 Å². The van der Waals surface area contributed by atoms with Crippen LogP contribution in [0.2, 0.25) is 0 Å². The van der Waals surface area contributed by atoms with E-state index in [0.717, 1.165) is 5.56 Å². The molecule has 0 aromatic heterocycles. The molecular formula is C21H28N2O7. The van der Waals surface area contributed by atoms with E-state index in [2.05, 4.69) is 5.32 Å². The first-order valence-corrected chi connectivity index (χ1v) is 9.55. The molecule has 30 heavy (non-hydrogen) atoms. The molecule has 2 rings (SSSR count). The number of hydrogen-bond donors (Lipinski definition) is 1. The number of methoxy groups -OCH3 is 1. The number of carbonyl (C=O) groups excluding carboxylic acids is 3. The van der Waals surface area contributed by atoms with E-state index in [-0.39, 0.29) is 25.5 Å². The minimum Gasteiger partial charge on any atom is -0.464 e. The highest BCUT2D eigenvalue weighted by molar-refractivity contribution is 5.92. The highest BCUT2D eigenvalue weighted by atomic mass is 16.6. The summed E-state index contributed by atoms with van der Waals surface area (Å²) in [4.78, 5) is 38.0. The summed E-state index contributed by atoms with van der Waals surface area (Å²) < 4.78 is 20.8. The largest absolute Gasteiger partial charge is 0.464 e. The van der Waals surface area contributed by atoms with Gasteiger partial charge >= 0.3 is 18.2 Å². The Labute approximate surface area is 175 Å². The number of alkyl carbamates (subject to hydrolysis) is 1. The van der Waals surface area contributed by atoms with Crippen molar-refractivity contribution >= 4 is 18.2 Å². The minimum atomic E-state index is -0.810. The summed E-state index contributed by atoms with van der Waals surface area (Å²) in [7, 11) is 1.20. The van der Waals surface area contributed by atoms with Crippen molar-refractivity contribution in [1.29, 1.82) is 0 Å². The Kier molecular flexibility index (Phi) is 8.23. The molecule has 0 spiro atoms. The Morgan fingerprint density at radius 2 is 1.93 bits per heavy atom. The normalized spacial score (nSPS) is 17.1. The van der Waals surface area contributed by atoms with Crippen molar-refractivity contribution in [3.63, 3.8) is 0 Å². The molecule has 9 nitrogen and oxygen atoms in total. The lowest BCUT2D eigenvalue weighted by molar-refractivity contribution is -0.136. The zero-order valence-corrected chi connectivity index (χ0v) is 17.7. The second-order valence-electron chi connectivity index (χ2n) is 7.59. The molecule has 1 saturated heterocycles. The van der Waals surface area contributed by atoms with Crippen LogP contribution in [0.25, 0.3) is 0 Å². The summed E-state index contributed by atoms with van der Waals surface area (Å²) in [5, 5.41) is 2.38. The van der Waals surface area contributed by atoms with Crippen molar-refractivity contribution in [1.82, 2.24) is 10.2 Å². The fourth-order valence-corrected chi connectivity index (χ4v) is 2.59. The van der Waals surface area contributed by atoms with Crippen LogP contribution in [0, 0.1) is 0 Å². The monoisotopic (exact) mass is 420 g/mol. The van der Waals surface area contributed by atoms with Gasteiger partial charge in [0.25, 0.3) is 0 Å². The van der Waals surface area contributed by atoms with E-state index in [9.17, 15) is 14.4 Å². The number of nitrogens with one attached hydrogen (secondary N) is 1. The lowest BCUT2D eigenvalue weighted by Gasteiger charge is -2.33. The maximum atomic E-state index is 12.3. The van der Waals surface area contributed by atoms with Gasteiger partial charge in [0.1, 0.15) is 17.9 Å². The molecule has 164 valence electrons. The Hall–Kier alpha value is -3.07. The van der Waals surface area contributed by atoms with Crippen molar-refractivity contribution in [2.24, 2.45) is 0 Å². The maximum Gasteiger partial charge on any atom is 0.412 e.